The molecule has 0 aliphatic heterocycles. The van der Waals surface area contributed by atoms with Crippen LogP contribution in [-0.4, -0.2) is 0 Å². The van der Waals surface area contributed by atoms with E-state index in [0.717, 1.165) is 17.1 Å². The van der Waals surface area contributed by atoms with Crippen molar-refractivity contribution >= 4 is 49.4 Å². The Morgan fingerprint density at radius 2 is 0.804 bits per heavy atom. The molecule has 0 aliphatic carbocycles. The van der Waals surface area contributed by atoms with Crippen molar-refractivity contribution in [1.82, 2.24) is 0 Å². The van der Waals surface area contributed by atoms with Crippen LogP contribution in [0.25, 0.3) is 76.8 Å². The predicted molar refractivity (Wildman–Crippen MR) is 240 cm³/mol. The van der Waals surface area contributed by atoms with E-state index in [4.69, 9.17) is 0 Å². The maximum atomic E-state index is 2.40. The lowest BCUT2D eigenvalue weighted by molar-refractivity contribution is 1.30. The lowest BCUT2D eigenvalue weighted by Gasteiger charge is -2.28. The minimum Gasteiger partial charge on any atom is -0.310 e. The minimum atomic E-state index is 1.10. The molecule has 10 rings (SSSR count). The monoisotopic (exact) mass is 713 g/mol. The smallest absolute Gasteiger partial charge is 0.0540 e. The molecule has 264 valence electrons. The third kappa shape index (κ3) is 6.10. The number of nitrogens with zero attached hydrogens (tertiary/aromatic N) is 1. The van der Waals surface area contributed by atoms with Gasteiger partial charge in [0.25, 0.3) is 0 Å². The van der Waals surface area contributed by atoms with E-state index in [9.17, 15) is 0 Å². The van der Waals surface area contributed by atoms with Gasteiger partial charge in [-0.25, -0.2) is 0 Å². The average Bonchev–Trinajstić information content (AvgIpc) is 3.27. The molecule has 0 N–H and O–H groups in total. The molecule has 0 saturated heterocycles. The average molecular weight is 714 g/mol. The summed E-state index contributed by atoms with van der Waals surface area (Å²) < 4.78 is 0. The van der Waals surface area contributed by atoms with E-state index in [1.54, 1.807) is 0 Å². The van der Waals surface area contributed by atoms with Crippen LogP contribution in [-0.2, 0) is 0 Å². The number of aryl methyl sites for hydroxylation is 1. The van der Waals surface area contributed by atoms with Crippen LogP contribution in [0.15, 0.2) is 218 Å². The summed E-state index contributed by atoms with van der Waals surface area (Å²) in [5, 5.41) is 7.56. The van der Waals surface area contributed by atoms with Crippen molar-refractivity contribution in [2.45, 2.75) is 6.92 Å². The highest BCUT2D eigenvalue weighted by Gasteiger charge is 2.18. The molecule has 10 aromatic carbocycles. The largest absolute Gasteiger partial charge is 0.310 e. The molecule has 0 amide bonds. The topological polar surface area (TPSA) is 3.24 Å². The van der Waals surface area contributed by atoms with Crippen LogP contribution in [0.2, 0.25) is 0 Å². The maximum Gasteiger partial charge on any atom is 0.0540 e. The Kier molecular flexibility index (Phi) is 8.46. The lowest BCUT2D eigenvalue weighted by Crippen LogP contribution is -2.10. The lowest BCUT2D eigenvalue weighted by atomic mass is 9.91. The molecular weight excluding hydrogens is 675 g/mol. The molecule has 10 aromatic rings. The van der Waals surface area contributed by atoms with E-state index in [0.29, 0.717) is 0 Å². The summed E-state index contributed by atoms with van der Waals surface area (Å²) in [6.45, 7) is 2.17. The van der Waals surface area contributed by atoms with Crippen molar-refractivity contribution in [3.05, 3.63) is 224 Å². The van der Waals surface area contributed by atoms with Gasteiger partial charge in [0.05, 0.1) is 5.69 Å². The minimum absolute atomic E-state index is 1.10. The second kappa shape index (κ2) is 14.2. The molecule has 0 atom stereocenters. The summed E-state index contributed by atoms with van der Waals surface area (Å²) in [5.41, 5.74) is 14.3. The molecule has 1 nitrogen and oxygen atoms in total. The molecular formula is C55H39N. The molecule has 0 fully saturated rings. The van der Waals surface area contributed by atoms with E-state index < -0.39 is 0 Å². The molecule has 0 aliphatic rings. The highest BCUT2D eigenvalue weighted by atomic mass is 15.1. The Balaban J connectivity index is 1.08. The van der Waals surface area contributed by atoms with Gasteiger partial charge in [-0.3, -0.25) is 0 Å². The van der Waals surface area contributed by atoms with Gasteiger partial charge in [-0.15, -0.1) is 0 Å². The molecule has 0 aromatic heterocycles. The third-order valence-electron chi connectivity index (χ3n) is 11.1. The number of benzene rings is 10. The molecule has 1 heteroatoms. The Bertz CT molecular complexity index is 3000. The normalized spacial score (nSPS) is 11.3. The standard InChI is InChI=1S/C55H39N/c1-38-23-32-49-45(35-38)37-54(52-21-9-8-19-50(49)52)44-18-12-17-43(36-44)41-26-30-47(31-27-41)56(46-28-24-40(25-29-46)39-13-4-2-5-14-39)55-34-33-48(42-15-6-3-7-16-42)51-20-10-11-22-53(51)55/h2-37H,1H3. The molecule has 0 bridgehead atoms. The second-order valence-electron chi connectivity index (χ2n) is 14.6. The second-order valence-corrected chi connectivity index (χ2v) is 14.6. The van der Waals surface area contributed by atoms with Crippen molar-refractivity contribution in [3.8, 4) is 44.5 Å². The van der Waals surface area contributed by atoms with E-state index >= 15 is 0 Å². The van der Waals surface area contributed by atoms with Crippen LogP contribution in [0.5, 0.6) is 0 Å². The van der Waals surface area contributed by atoms with E-state index in [1.807, 2.05) is 0 Å². The summed E-state index contributed by atoms with van der Waals surface area (Å²) in [6.07, 6.45) is 0. The van der Waals surface area contributed by atoms with Gasteiger partial charge in [-0.2, -0.15) is 0 Å². The zero-order chi connectivity index (χ0) is 37.4. The highest BCUT2D eigenvalue weighted by Crippen LogP contribution is 2.43. The van der Waals surface area contributed by atoms with Gasteiger partial charge >= 0.3 is 0 Å². The number of rotatable bonds is 7. The Morgan fingerprint density at radius 1 is 0.286 bits per heavy atom. The van der Waals surface area contributed by atoms with Crippen LogP contribution in [0, 0.1) is 6.92 Å². The number of hydrogen-bond donors (Lipinski definition) is 0. The third-order valence-corrected chi connectivity index (χ3v) is 11.1. The number of anilines is 3. The van der Waals surface area contributed by atoms with Gasteiger partial charge in [0.1, 0.15) is 0 Å². The van der Waals surface area contributed by atoms with Gasteiger partial charge in [0.15, 0.2) is 0 Å². The summed E-state index contributed by atoms with van der Waals surface area (Å²) in [4.78, 5) is 2.40. The summed E-state index contributed by atoms with van der Waals surface area (Å²) in [7, 11) is 0. The summed E-state index contributed by atoms with van der Waals surface area (Å²) in [5.74, 6) is 0. The van der Waals surface area contributed by atoms with E-state index in [2.05, 4.69) is 230 Å². The van der Waals surface area contributed by atoms with Crippen molar-refractivity contribution in [3.63, 3.8) is 0 Å². The summed E-state index contributed by atoms with van der Waals surface area (Å²) >= 11 is 0. The zero-order valence-corrected chi connectivity index (χ0v) is 31.2. The van der Waals surface area contributed by atoms with Gasteiger partial charge in [0, 0.05) is 16.8 Å². The summed E-state index contributed by atoms with van der Waals surface area (Å²) in [6, 6.07) is 79.5. The van der Waals surface area contributed by atoms with Gasteiger partial charge in [-0.1, -0.05) is 181 Å². The SMILES string of the molecule is Cc1ccc2c(c1)cc(-c1cccc(-c3ccc(N(c4ccc(-c5ccccc5)cc4)c4ccc(-c5ccccc5)c5ccccc45)cc3)c1)c1ccccc12. The number of fused-ring (bicyclic) bond motifs is 4. The Hall–Kier alpha value is -7.22. The van der Waals surface area contributed by atoms with Crippen molar-refractivity contribution in [1.29, 1.82) is 0 Å². The fourth-order valence-electron chi connectivity index (χ4n) is 8.35. The quantitative estimate of drug-likeness (QED) is 0.149. The molecule has 0 spiro atoms. The molecule has 0 saturated carbocycles. The van der Waals surface area contributed by atoms with E-state index in [1.165, 1.54) is 82.4 Å². The molecule has 0 radical (unpaired) electrons. The van der Waals surface area contributed by atoms with Crippen LogP contribution in [0.4, 0.5) is 17.1 Å². The first kappa shape index (κ1) is 33.4. The van der Waals surface area contributed by atoms with Gasteiger partial charge in [-0.05, 0) is 121 Å². The molecule has 56 heavy (non-hydrogen) atoms. The first-order valence-electron chi connectivity index (χ1n) is 19.3. The Labute approximate surface area is 328 Å². The maximum absolute atomic E-state index is 2.40. The van der Waals surface area contributed by atoms with Crippen LogP contribution < -0.4 is 4.90 Å². The van der Waals surface area contributed by atoms with E-state index in [-0.39, 0.29) is 0 Å². The van der Waals surface area contributed by atoms with Gasteiger partial charge < -0.3 is 4.90 Å². The fourth-order valence-corrected chi connectivity index (χ4v) is 8.35. The van der Waals surface area contributed by atoms with Crippen molar-refractivity contribution in [2.24, 2.45) is 0 Å². The van der Waals surface area contributed by atoms with Crippen LogP contribution in [0.1, 0.15) is 5.56 Å². The number of hydrogen-bond acceptors (Lipinski definition) is 1. The first-order chi connectivity index (χ1) is 27.7. The van der Waals surface area contributed by atoms with Crippen LogP contribution >= 0.6 is 0 Å². The van der Waals surface area contributed by atoms with Crippen molar-refractivity contribution in [2.75, 3.05) is 4.90 Å². The predicted octanol–water partition coefficient (Wildman–Crippen LogP) is 15.6. The fraction of sp³-hybridized carbons (Fsp3) is 0.0182. The molecule has 0 unspecified atom stereocenters. The Morgan fingerprint density at radius 3 is 1.48 bits per heavy atom. The van der Waals surface area contributed by atoms with Crippen molar-refractivity contribution < 1.29 is 0 Å². The van der Waals surface area contributed by atoms with Gasteiger partial charge in [0.2, 0.25) is 0 Å². The first-order valence-corrected chi connectivity index (χ1v) is 19.3. The molecule has 0 heterocycles. The highest BCUT2D eigenvalue weighted by molar-refractivity contribution is 6.14. The zero-order valence-electron chi connectivity index (χ0n) is 31.2. The van der Waals surface area contributed by atoms with Crippen LogP contribution in [0.3, 0.4) is 0 Å².